The van der Waals surface area contributed by atoms with Crippen LogP contribution in [0.4, 0.5) is 5.69 Å². The van der Waals surface area contributed by atoms with Crippen molar-refractivity contribution < 1.29 is 8.42 Å². The van der Waals surface area contributed by atoms with Gasteiger partial charge in [0.05, 0.1) is 11.4 Å². The maximum atomic E-state index is 11.6. The zero-order chi connectivity index (χ0) is 12.2. The number of anilines is 1. The molecule has 0 aliphatic carbocycles. The van der Waals surface area contributed by atoms with Gasteiger partial charge in [0.25, 0.3) is 0 Å². The van der Waals surface area contributed by atoms with Gasteiger partial charge in [-0.2, -0.15) is 0 Å². The van der Waals surface area contributed by atoms with Crippen LogP contribution in [0, 0.1) is 11.8 Å². The Morgan fingerprint density at radius 1 is 1.25 bits per heavy atom. The van der Waals surface area contributed by atoms with Crippen LogP contribution in [0.2, 0.25) is 0 Å². The molecule has 4 heteroatoms. The summed E-state index contributed by atoms with van der Waals surface area (Å²) in [5.74, 6) is 5.80. The number of hydrogen-bond donors (Lipinski definition) is 0. The van der Waals surface area contributed by atoms with Crippen molar-refractivity contribution in [3.8, 4) is 11.8 Å². The molecule has 0 saturated carbocycles. The Labute approximate surface area is 97.1 Å². The Morgan fingerprint density at radius 2 is 1.81 bits per heavy atom. The zero-order valence-corrected chi connectivity index (χ0v) is 10.5. The van der Waals surface area contributed by atoms with Crippen LogP contribution in [-0.2, 0) is 10.0 Å². The topological polar surface area (TPSA) is 37.4 Å². The average molecular weight is 237 g/mol. The van der Waals surface area contributed by atoms with Crippen LogP contribution in [0.15, 0.2) is 24.3 Å². The molecule has 3 nitrogen and oxygen atoms in total. The van der Waals surface area contributed by atoms with Crippen LogP contribution >= 0.6 is 0 Å². The third-order valence-corrected chi connectivity index (χ3v) is 4.06. The van der Waals surface area contributed by atoms with Gasteiger partial charge in [0.2, 0.25) is 10.0 Å². The summed E-state index contributed by atoms with van der Waals surface area (Å²) in [6, 6.07) is 7.14. The molecule has 0 amide bonds. The van der Waals surface area contributed by atoms with Gasteiger partial charge in [-0.05, 0) is 38.1 Å². The molecule has 0 bridgehead atoms. The zero-order valence-electron chi connectivity index (χ0n) is 9.69. The molecule has 0 fully saturated rings. The van der Waals surface area contributed by atoms with E-state index in [1.807, 2.05) is 12.1 Å². The smallest absolute Gasteiger partial charge is 0.234 e. The third-order valence-electron chi connectivity index (χ3n) is 2.28. The lowest BCUT2D eigenvalue weighted by atomic mass is 10.2. The number of hydrogen-bond acceptors (Lipinski definition) is 2. The molecule has 0 aliphatic rings. The minimum atomic E-state index is -3.18. The number of sulfonamides is 1. The van der Waals surface area contributed by atoms with Crippen molar-refractivity contribution in [1.29, 1.82) is 0 Å². The van der Waals surface area contributed by atoms with Crippen LogP contribution in [0.1, 0.15) is 19.4 Å². The van der Waals surface area contributed by atoms with Crippen molar-refractivity contribution in [1.82, 2.24) is 0 Å². The molecule has 0 heterocycles. The molecule has 0 aliphatic heterocycles. The van der Waals surface area contributed by atoms with Crippen LogP contribution < -0.4 is 4.31 Å². The molecule has 0 N–H and O–H groups in total. The van der Waals surface area contributed by atoms with Gasteiger partial charge in [0, 0.05) is 12.6 Å². The van der Waals surface area contributed by atoms with E-state index in [0.29, 0.717) is 5.69 Å². The summed E-state index contributed by atoms with van der Waals surface area (Å²) in [5.41, 5.74) is 1.54. The highest BCUT2D eigenvalue weighted by atomic mass is 32.2. The van der Waals surface area contributed by atoms with Crippen molar-refractivity contribution in [3.63, 3.8) is 0 Å². The molecule has 0 spiro atoms. The van der Waals surface area contributed by atoms with E-state index in [-0.39, 0.29) is 5.75 Å². The van der Waals surface area contributed by atoms with Crippen LogP contribution in [0.25, 0.3) is 0 Å². The molecule has 1 rings (SSSR count). The van der Waals surface area contributed by atoms with Gasteiger partial charge in [-0.15, -0.1) is 5.92 Å². The Balaban J connectivity index is 3.02. The molecule has 0 radical (unpaired) electrons. The van der Waals surface area contributed by atoms with E-state index in [0.717, 1.165) is 5.56 Å². The second kappa shape index (κ2) is 5.04. The molecular weight excluding hydrogens is 222 g/mol. The fourth-order valence-corrected chi connectivity index (χ4v) is 2.08. The highest BCUT2D eigenvalue weighted by Crippen LogP contribution is 2.16. The first-order valence-corrected chi connectivity index (χ1v) is 6.61. The second-order valence-corrected chi connectivity index (χ2v) is 5.58. The molecule has 0 aromatic heterocycles. The van der Waals surface area contributed by atoms with Crippen molar-refractivity contribution in [2.24, 2.45) is 0 Å². The van der Waals surface area contributed by atoms with Gasteiger partial charge in [-0.25, -0.2) is 8.42 Å². The van der Waals surface area contributed by atoms with Gasteiger partial charge in [0.15, 0.2) is 0 Å². The number of nitrogens with zero attached hydrogens (tertiary/aromatic N) is 1. The van der Waals surface area contributed by atoms with Crippen molar-refractivity contribution in [2.45, 2.75) is 13.8 Å². The summed E-state index contributed by atoms with van der Waals surface area (Å²) < 4.78 is 24.5. The molecule has 16 heavy (non-hydrogen) atoms. The minimum absolute atomic E-state index is 0.0972. The molecule has 1 aromatic carbocycles. The lowest BCUT2D eigenvalue weighted by Crippen LogP contribution is -2.27. The Kier molecular flexibility index (Phi) is 3.97. The van der Waals surface area contributed by atoms with Crippen LogP contribution in [0.5, 0.6) is 0 Å². The molecule has 0 atom stereocenters. The predicted octanol–water partition coefficient (Wildman–Crippen LogP) is 1.84. The summed E-state index contributed by atoms with van der Waals surface area (Å²) in [6.45, 7) is 3.39. The monoisotopic (exact) mass is 237 g/mol. The summed E-state index contributed by atoms with van der Waals surface area (Å²) in [7, 11) is -1.62. The predicted molar refractivity (Wildman–Crippen MR) is 66.9 cm³/mol. The summed E-state index contributed by atoms with van der Waals surface area (Å²) in [6.07, 6.45) is 0. The largest absolute Gasteiger partial charge is 0.273 e. The van der Waals surface area contributed by atoms with E-state index in [2.05, 4.69) is 11.8 Å². The van der Waals surface area contributed by atoms with E-state index in [1.165, 1.54) is 4.31 Å². The molecular formula is C12H15NO2S. The van der Waals surface area contributed by atoms with Gasteiger partial charge in [-0.3, -0.25) is 4.31 Å². The number of benzene rings is 1. The van der Waals surface area contributed by atoms with Gasteiger partial charge in [-0.1, -0.05) is 5.92 Å². The quantitative estimate of drug-likeness (QED) is 0.752. The Hall–Kier alpha value is -1.47. The summed E-state index contributed by atoms with van der Waals surface area (Å²) >= 11 is 0. The maximum absolute atomic E-state index is 11.6. The summed E-state index contributed by atoms with van der Waals surface area (Å²) in [5, 5.41) is 0. The second-order valence-electron chi connectivity index (χ2n) is 3.29. The van der Waals surface area contributed by atoms with Crippen LogP contribution in [0.3, 0.4) is 0 Å². The van der Waals surface area contributed by atoms with Gasteiger partial charge < -0.3 is 0 Å². The normalized spacial score (nSPS) is 10.4. The van der Waals surface area contributed by atoms with E-state index in [4.69, 9.17) is 0 Å². The average Bonchev–Trinajstić information content (AvgIpc) is 2.29. The van der Waals surface area contributed by atoms with Crippen molar-refractivity contribution >= 4 is 15.7 Å². The molecule has 1 aromatic rings. The van der Waals surface area contributed by atoms with Crippen molar-refractivity contribution in [2.75, 3.05) is 17.1 Å². The lowest BCUT2D eigenvalue weighted by molar-refractivity contribution is 0.595. The van der Waals surface area contributed by atoms with E-state index < -0.39 is 10.0 Å². The standard InChI is InChI=1S/C12H15NO2S/c1-4-6-11-7-9-12(10-8-11)13(3)16(14,15)5-2/h7-10H,5H2,1-3H3. The first-order chi connectivity index (χ1) is 7.51. The molecule has 86 valence electrons. The number of rotatable bonds is 3. The van der Waals surface area contributed by atoms with Gasteiger partial charge in [0.1, 0.15) is 0 Å². The SMILES string of the molecule is CC#Cc1ccc(N(C)S(=O)(=O)CC)cc1. The lowest BCUT2D eigenvalue weighted by Gasteiger charge is -2.18. The van der Waals surface area contributed by atoms with Crippen molar-refractivity contribution in [3.05, 3.63) is 29.8 Å². The molecule has 0 saturated heterocycles. The minimum Gasteiger partial charge on any atom is -0.273 e. The van der Waals surface area contributed by atoms with Gasteiger partial charge >= 0.3 is 0 Å². The van der Waals surface area contributed by atoms with E-state index in [9.17, 15) is 8.42 Å². The first-order valence-electron chi connectivity index (χ1n) is 5.00. The Bertz CT molecular complexity index is 506. The van der Waals surface area contributed by atoms with Crippen LogP contribution in [-0.4, -0.2) is 21.2 Å². The summed E-state index contributed by atoms with van der Waals surface area (Å²) in [4.78, 5) is 0. The highest BCUT2D eigenvalue weighted by molar-refractivity contribution is 7.92. The Morgan fingerprint density at radius 3 is 2.25 bits per heavy atom. The van der Waals surface area contributed by atoms with E-state index in [1.54, 1.807) is 33.0 Å². The first kappa shape index (κ1) is 12.6. The third kappa shape index (κ3) is 2.77. The van der Waals surface area contributed by atoms with E-state index >= 15 is 0 Å². The molecule has 0 unspecified atom stereocenters. The fourth-order valence-electron chi connectivity index (χ4n) is 1.25. The maximum Gasteiger partial charge on any atom is 0.234 e. The fraction of sp³-hybridized carbons (Fsp3) is 0.333. The highest BCUT2D eigenvalue weighted by Gasteiger charge is 2.14.